The van der Waals surface area contributed by atoms with Gasteiger partial charge in [-0.25, -0.2) is 0 Å². The summed E-state index contributed by atoms with van der Waals surface area (Å²) in [6, 6.07) is 8.51. The Morgan fingerprint density at radius 2 is 2.25 bits per heavy atom. The first-order valence-electron chi connectivity index (χ1n) is 5.57. The van der Waals surface area contributed by atoms with Crippen molar-refractivity contribution in [3.05, 3.63) is 29.8 Å². The molecule has 1 aromatic rings. The van der Waals surface area contributed by atoms with Crippen LogP contribution >= 0.6 is 0 Å². The molecule has 1 saturated heterocycles. The summed E-state index contributed by atoms with van der Waals surface area (Å²) in [5.74, 6) is 0.280. The number of rotatable bonds is 0. The van der Waals surface area contributed by atoms with Crippen molar-refractivity contribution in [2.24, 2.45) is 0 Å². The molecule has 1 aromatic carbocycles. The number of hydrogen-bond acceptors (Lipinski definition) is 3. The van der Waals surface area contributed by atoms with E-state index < -0.39 is 6.09 Å². The summed E-state index contributed by atoms with van der Waals surface area (Å²) < 4.78 is 0. The molecular weight excluding hydrogens is 204 g/mol. The molecule has 2 aliphatic heterocycles. The lowest BCUT2D eigenvalue weighted by Crippen LogP contribution is -2.49. The first kappa shape index (κ1) is 9.51. The fraction of sp³-hybridized carbons (Fsp3) is 0.417. The van der Waals surface area contributed by atoms with Gasteiger partial charge in [0.15, 0.2) is 0 Å². The van der Waals surface area contributed by atoms with E-state index in [1.54, 1.807) is 0 Å². The molecule has 4 nitrogen and oxygen atoms in total. The molecule has 1 N–H and O–H groups in total. The van der Waals surface area contributed by atoms with Gasteiger partial charge in [0.1, 0.15) is 6.09 Å². The number of piperidine rings is 1. The zero-order valence-electron chi connectivity index (χ0n) is 8.85. The summed E-state index contributed by atoms with van der Waals surface area (Å²) in [7, 11) is 0. The van der Waals surface area contributed by atoms with Gasteiger partial charge < -0.3 is 20.1 Å². The minimum Gasteiger partial charge on any atom is -0.530 e. The maximum Gasteiger partial charge on any atom is 0.136 e. The lowest BCUT2D eigenvalue weighted by Gasteiger charge is -2.36. The summed E-state index contributed by atoms with van der Waals surface area (Å²) in [5.41, 5.74) is 2.39. The Hall–Kier alpha value is -1.71. The van der Waals surface area contributed by atoms with Crippen LogP contribution in [0.1, 0.15) is 17.9 Å². The number of anilines is 1. The van der Waals surface area contributed by atoms with Crippen LogP contribution in [0.25, 0.3) is 0 Å². The van der Waals surface area contributed by atoms with E-state index in [4.69, 9.17) is 0 Å². The van der Waals surface area contributed by atoms with E-state index in [1.165, 1.54) is 10.5 Å². The molecule has 2 atom stereocenters. The van der Waals surface area contributed by atoms with E-state index in [1.807, 2.05) is 12.1 Å². The highest BCUT2D eigenvalue weighted by atomic mass is 16.4. The second-order valence-corrected chi connectivity index (χ2v) is 4.45. The Labute approximate surface area is 93.9 Å². The summed E-state index contributed by atoms with van der Waals surface area (Å²) in [6.45, 7) is 1.13. The van der Waals surface area contributed by atoms with Crippen molar-refractivity contribution in [3.63, 3.8) is 0 Å². The number of nitrogens with zero attached hydrogens (tertiary/aromatic N) is 1. The minimum atomic E-state index is -1.05. The van der Waals surface area contributed by atoms with Crippen LogP contribution in [0.3, 0.4) is 0 Å². The van der Waals surface area contributed by atoms with Gasteiger partial charge in [0.2, 0.25) is 0 Å². The van der Waals surface area contributed by atoms with Gasteiger partial charge in [0, 0.05) is 30.7 Å². The molecule has 16 heavy (non-hydrogen) atoms. The van der Waals surface area contributed by atoms with E-state index in [0.717, 1.165) is 12.1 Å². The molecule has 0 radical (unpaired) electrons. The molecule has 2 aliphatic rings. The molecule has 0 spiro atoms. The average Bonchev–Trinajstić information content (AvgIpc) is 2.66. The number of carbonyl (C=O) groups is 1. The van der Waals surface area contributed by atoms with E-state index in [-0.39, 0.29) is 5.92 Å². The molecule has 0 saturated carbocycles. The van der Waals surface area contributed by atoms with Crippen LogP contribution in [0.15, 0.2) is 24.3 Å². The third kappa shape index (κ3) is 1.33. The van der Waals surface area contributed by atoms with Crippen LogP contribution in [0.5, 0.6) is 0 Å². The summed E-state index contributed by atoms with van der Waals surface area (Å²) in [6.07, 6.45) is -0.198. The van der Waals surface area contributed by atoms with Crippen molar-refractivity contribution in [1.29, 1.82) is 0 Å². The van der Waals surface area contributed by atoms with Crippen LogP contribution in [-0.2, 0) is 0 Å². The van der Waals surface area contributed by atoms with Crippen LogP contribution in [0.2, 0.25) is 0 Å². The number of likely N-dealkylation sites (tertiary alicyclic amines) is 1. The zero-order chi connectivity index (χ0) is 11.1. The Morgan fingerprint density at radius 1 is 1.44 bits per heavy atom. The van der Waals surface area contributed by atoms with Crippen molar-refractivity contribution in [2.45, 2.75) is 18.4 Å². The first-order valence-corrected chi connectivity index (χ1v) is 5.57. The molecule has 0 unspecified atom stereocenters. The molecule has 3 rings (SSSR count). The molecule has 0 aromatic heterocycles. The van der Waals surface area contributed by atoms with E-state index in [0.29, 0.717) is 19.1 Å². The predicted octanol–water partition coefficient (Wildman–Crippen LogP) is 0.613. The number of fused-ring (bicyclic) bond motifs is 3. The second-order valence-electron chi connectivity index (χ2n) is 4.45. The number of carboxylic acid groups (broad SMARTS) is 1. The fourth-order valence-corrected chi connectivity index (χ4v) is 2.76. The van der Waals surface area contributed by atoms with Crippen molar-refractivity contribution in [3.8, 4) is 0 Å². The Balaban J connectivity index is 1.89. The van der Waals surface area contributed by atoms with Gasteiger partial charge in [0.25, 0.3) is 0 Å². The molecular formula is C12H13N2O2-. The van der Waals surface area contributed by atoms with Crippen molar-refractivity contribution in [1.82, 2.24) is 4.90 Å². The first-order chi connectivity index (χ1) is 7.75. The van der Waals surface area contributed by atoms with E-state index >= 15 is 0 Å². The van der Waals surface area contributed by atoms with Crippen LogP contribution in [0, 0.1) is 0 Å². The zero-order valence-corrected chi connectivity index (χ0v) is 8.85. The summed E-state index contributed by atoms with van der Waals surface area (Å²) >= 11 is 0. The molecule has 1 amide bonds. The molecule has 1 fully saturated rings. The molecule has 0 aliphatic carbocycles. The van der Waals surface area contributed by atoms with Crippen LogP contribution < -0.4 is 10.4 Å². The quantitative estimate of drug-likeness (QED) is 0.693. The maximum absolute atomic E-state index is 10.8. The van der Waals surface area contributed by atoms with Crippen molar-refractivity contribution >= 4 is 11.8 Å². The monoisotopic (exact) mass is 217 g/mol. The normalized spacial score (nSPS) is 26.9. The summed E-state index contributed by atoms with van der Waals surface area (Å²) in [4.78, 5) is 12.3. The van der Waals surface area contributed by atoms with Gasteiger partial charge in [-0.1, -0.05) is 18.2 Å². The largest absolute Gasteiger partial charge is 0.530 e. The Bertz CT molecular complexity index is 433. The van der Waals surface area contributed by atoms with Crippen molar-refractivity contribution in [2.75, 3.05) is 18.4 Å². The number of benzene rings is 1. The van der Waals surface area contributed by atoms with Gasteiger partial charge in [0.05, 0.1) is 0 Å². The Kier molecular flexibility index (Phi) is 2.02. The fourth-order valence-electron chi connectivity index (χ4n) is 2.76. The number of nitrogens with one attached hydrogen (secondary N) is 1. The second kappa shape index (κ2) is 3.40. The Morgan fingerprint density at radius 3 is 3.06 bits per heavy atom. The third-order valence-corrected chi connectivity index (χ3v) is 3.57. The predicted molar refractivity (Wildman–Crippen MR) is 58.2 cm³/mol. The van der Waals surface area contributed by atoms with E-state index in [9.17, 15) is 9.90 Å². The lowest BCUT2D eigenvalue weighted by molar-refractivity contribution is -0.266. The number of hydrogen-bond donors (Lipinski definition) is 1. The van der Waals surface area contributed by atoms with Crippen LogP contribution in [-0.4, -0.2) is 30.1 Å². The number of carbonyl (C=O) groups excluding carboxylic acids is 1. The SMILES string of the molecule is O=C([O-])N1CC[C@H]2Nc3ccccc3[C@H]2C1. The molecule has 84 valence electrons. The molecule has 2 heterocycles. The topological polar surface area (TPSA) is 55.4 Å². The highest BCUT2D eigenvalue weighted by Gasteiger charge is 2.36. The highest BCUT2D eigenvalue weighted by molar-refractivity contribution is 5.65. The van der Waals surface area contributed by atoms with Gasteiger partial charge in [-0.2, -0.15) is 0 Å². The van der Waals surface area contributed by atoms with Crippen molar-refractivity contribution < 1.29 is 9.90 Å². The number of amides is 1. The average molecular weight is 217 g/mol. The van der Waals surface area contributed by atoms with Crippen LogP contribution in [0.4, 0.5) is 10.5 Å². The highest BCUT2D eigenvalue weighted by Crippen LogP contribution is 2.39. The smallest absolute Gasteiger partial charge is 0.136 e. The van der Waals surface area contributed by atoms with Gasteiger partial charge in [-0.15, -0.1) is 0 Å². The number of para-hydroxylation sites is 1. The summed E-state index contributed by atoms with van der Waals surface area (Å²) in [5, 5.41) is 14.3. The molecule has 4 heteroatoms. The van der Waals surface area contributed by atoms with Gasteiger partial charge in [-0.3, -0.25) is 0 Å². The standard InChI is InChI=1S/C12H14N2O2/c15-12(16)14-6-5-11-9(7-14)8-3-1-2-4-10(8)13-11/h1-4,9,11,13H,5-7H2,(H,15,16)/p-1/t9-,11-/m1/s1. The minimum absolute atomic E-state index is 0.280. The van der Waals surface area contributed by atoms with Gasteiger partial charge in [-0.05, 0) is 18.1 Å². The third-order valence-electron chi connectivity index (χ3n) is 3.57. The van der Waals surface area contributed by atoms with Gasteiger partial charge >= 0.3 is 0 Å². The maximum atomic E-state index is 10.8. The molecule has 0 bridgehead atoms. The lowest BCUT2D eigenvalue weighted by atomic mass is 9.90. The van der Waals surface area contributed by atoms with E-state index in [2.05, 4.69) is 17.4 Å².